The van der Waals surface area contributed by atoms with E-state index in [2.05, 4.69) is 0 Å². The second kappa shape index (κ2) is 8.06. The second-order valence-corrected chi connectivity index (χ2v) is 4.67. The van der Waals surface area contributed by atoms with Gasteiger partial charge in [0.05, 0.1) is 25.7 Å². The van der Waals surface area contributed by atoms with Crippen LogP contribution in [0.15, 0.2) is 18.2 Å². The summed E-state index contributed by atoms with van der Waals surface area (Å²) >= 11 is 0. The molecule has 5 nitrogen and oxygen atoms in total. The zero-order chi connectivity index (χ0) is 17.6. The van der Waals surface area contributed by atoms with Crippen molar-refractivity contribution in [3.05, 3.63) is 29.8 Å². The third kappa shape index (κ3) is 6.37. The standard InChI is InChI=1S/C13H15F5N2O3/c14-9-2-1-3-10(15)11(9)19-12(23)20(6-8(22)7-21)5-4-13(16,17)18/h1-3,8,21-22H,4-7H2,(H,19,23)/t8-/m0/s1. The summed E-state index contributed by atoms with van der Waals surface area (Å²) in [5.74, 6) is -2.20. The molecule has 0 aliphatic carbocycles. The van der Waals surface area contributed by atoms with Crippen LogP contribution in [0.3, 0.4) is 0 Å². The SMILES string of the molecule is O=C(Nc1c(F)cccc1F)N(CCC(F)(F)F)C[C@H](O)CO. The molecular formula is C13H15F5N2O3. The van der Waals surface area contributed by atoms with E-state index in [1.807, 2.05) is 5.32 Å². The molecule has 1 rings (SSSR count). The monoisotopic (exact) mass is 342 g/mol. The second-order valence-electron chi connectivity index (χ2n) is 4.67. The number of rotatable bonds is 6. The van der Waals surface area contributed by atoms with Crippen molar-refractivity contribution < 1.29 is 37.0 Å². The number of hydrogen-bond donors (Lipinski definition) is 3. The van der Waals surface area contributed by atoms with Gasteiger partial charge in [0.15, 0.2) is 0 Å². The third-order valence-corrected chi connectivity index (χ3v) is 2.79. The van der Waals surface area contributed by atoms with Gasteiger partial charge in [0.1, 0.15) is 17.3 Å². The minimum Gasteiger partial charge on any atom is -0.394 e. The van der Waals surface area contributed by atoms with Gasteiger partial charge in [-0.2, -0.15) is 13.2 Å². The molecule has 0 saturated carbocycles. The maximum absolute atomic E-state index is 13.4. The van der Waals surface area contributed by atoms with Crippen molar-refractivity contribution in [2.75, 3.05) is 25.0 Å². The van der Waals surface area contributed by atoms with E-state index in [-0.39, 0.29) is 0 Å². The molecule has 0 aromatic heterocycles. The molecule has 0 bridgehead atoms. The highest BCUT2D eigenvalue weighted by molar-refractivity contribution is 5.89. The average molecular weight is 342 g/mol. The van der Waals surface area contributed by atoms with Crippen LogP contribution in [0.5, 0.6) is 0 Å². The number of benzene rings is 1. The molecule has 2 amide bonds. The zero-order valence-electron chi connectivity index (χ0n) is 11.8. The topological polar surface area (TPSA) is 72.8 Å². The molecule has 0 spiro atoms. The predicted octanol–water partition coefficient (Wildman–Crippen LogP) is 2.10. The molecule has 1 atom stereocenters. The lowest BCUT2D eigenvalue weighted by atomic mass is 10.3. The van der Waals surface area contributed by atoms with Crippen LogP contribution in [0.25, 0.3) is 0 Å². The van der Waals surface area contributed by atoms with Gasteiger partial charge in [-0.1, -0.05) is 6.07 Å². The van der Waals surface area contributed by atoms with Gasteiger partial charge in [-0.05, 0) is 12.1 Å². The van der Waals surface area contributed by atoms with Crippen molar-refractivity contribution >= 4 is 11.7 Å². The van der Waals surface area contributed by atoms with Gasteiger partial charge in [0.2, 0.25) is 0 Å². The summed E-state index contributed by atoms with van der Waals surface area (Å²) in [5, 5.41) is 19.8. The Bertz CT molecular complexity index is 519. The summed E-state index contributed by atoms with van der Waals surface area (Å²) < 4.78 is 63.7. The first kappa shape index (κ1) is 19.1. The summed E-state index contributed by atoms with van der Waals surface area (Å²) in [4.78, 5) is 12.4. The Kier molecular flexibility index (Phi) is 6.70. The van der Waals surface area contributed by atoms with Crippen LogP contribution >= 0.6 is 0 Å². The van der Waals surface area contributed by atoms with Crippen LogP contribution in [0.1, 0.15) is 6.42 Å². The normalized spacial score (nSPS) is 12.8. The lowest BCUT2D eigenvalue weighted by Crippen LogP contribution is -2.43. The lowest BCUT2D eigenvalue weighted by Gasteiger charge is -2.25. The number of aliphatic hydroxyl groups excluding tert-OH is 2. The van der Waals surface area contributed by atoms with Gasteiger partial charge < -0.3 is 20.4 Å². The maximum Gasteiger partial charge on any atom is 0.390 e. The van der Waals surface area contributed by atoms with Crippen LogP contribution in [0.2, 0.25) is 0 Å². The van der Waals surface area contributed by atoms with Crippen LogP contribution in [-0.2, 0) is 0 Å². The summed E-state index contributed by atoms with van der Waals surface area (Å²) in [6.45, 7) is -2.26. The highest BCUT2D eigenvalue weighted by atomic mass is 19.4. The zero-order valence-corrected chi connectivity index (χ0v) is 11.8. The van der Waals surface area contributed by atoms with Crippen LogP contribution in [0, 0.1) is 11.6 Å². The van der Waals surface area contributed by atoms with E-state index in [0.717, 1.165) is 18.2 Å². The lowest BCUT2D eigenvalue weighted by molar-refractivity contribution is -0.137. The highest BCUT2D eigenvalue weighted by Gasteiger charge is 2.30. The molecule has 0 aliphatic heterocycles. The van der Waals surface area contributed by atoms with Crippen molar-refractivity contribution in [1.29, 1.82) is 0 Å². The van der Waals surface area contributed by atoms with Gasteiger partial charge in [0, 0.05) is 6.54 Å². The number of aliphatic hydroxyl groups is 2. The van der Waals surface area contributed by atoms with Crippen LogP contribution in [0.4, 0.5) is 32.4 Å². The number of carbonyl (C=O) groups is 1. The fraction of sp³-hybridized carbons (Fsp3) is 0.462. The van der Waals surface area contributed by atoms with Crippen molar-refractivity contribution in [1.82, 2.24) is 4.90 Å². The molecule has 130 valence electrons. The summed E-state index contributed by atoms with van der Waals surface area (Å²) in [7, 11) is 0. The Hall–Kier alpha value is -1.94. The van der Waals surface area contributed by atoms with E-state index in [9.17, 15) is 31.9 Å². The van der Waals surface area contributed by atoms with Crippen molar-refractivity contribution in [3.63, 3.8) is 0 Å². The Morgan fingerprint density at radius 2 is 1.83 bits per heavy atom. The van der Waals surface area contributed by atoms with Crippen molar-refractivity contribution in [2.24, 2.45) is 0 Å². The van der Waals surface area contributed by atoms with Crippen LogP contribution < -0.4 is 5.32 Å². The minimum absolute atomic E-state index is 0.514. The van der Waals surface area contributed by atoms with Gasteiger partial charge >= 0.3 is 12.2 Å². The number of anilines is 1. The largest absolute Gasteiger partial charge is 0.394 e. The Labute approximate surface area is 128 Å². The molecule has 23 heavy (non-hydrogen) atoms. The fourth-order valence-corrected chi connectivity index (χ4v) is 1.65. The quantitative estimate of drug-likeness (QED) is 0.694. The number of nitrogens with one attached hydrogen (secondary N) is 1. The Morgan fingerprint density at radius 1 is 1.26 bits per heavy atom. The maximum atomic E-state index is 13.4. The van der Waals surface area contributed by atoms with Crippen LogP contribution in [-0.4, -0.2) is 53.1 Å². The highest BCUT2D eigenvalue weighted by Crippen LogP contribution is 2.21. The first-order chi connectivity index (χ1) is 10.6. The number of nitrogens with zero attached hydrogens (tertiary/aromatic N) is 1. The van der Waals surface area contributed by atoms with Crippen molar-refractivity contribution in [2.45, 2.75) is 18.7 Å². The van der Waals surface area contributed by atoms with E-state index in [1.165, 1.54) is 0 Å². The molecule has 10 heteroatoms. The molecule has 0 unspecified atom stereocenters. The van der Waals surface area contributed by atoms with Gasteiger partial charge in [-0.25, -0.2) is 13.6 Å². The number of para-hydroxylation sites is 1. The smallest absolute Gasteiger partial charge is 0.390 e. The van der Waals surface area contributed by atoms with Gasteiger partial charge in [0.25, 0.3) is 0 Å². The van der Waals surface area contributed by atoms with E-state index >= 15 is 0 Å². The van der Waals surface area contributed by atoms with Crippen molar-refractivity contribution in [3.8, 4) is 0 Å². The molecular weight excluding hydrogens is 327 g/mol. The minimum atomic E-state index is -4.56. The molecule has 1 aromatic carbocycles. The number of halogens is 5. The fourth-order valence-electron chi connectivity index (χ4n) is 1.65. The molecule has 0 aliphatic rings. The number of hydrogen-bond acceptors (Lipinski definition) is 3. The number of amides is 2. The number of carbonyl (C=O) groups excluding carboxylic acids is 1. The van der Waals surface area contributed by atoms with Gasteiger partial charge in [-0.15, -0.1) is 0 Å². The van der Waals surface area contributed by atoms with E-state index in [4.69, 9.17) is 5.11 Å². The Balaban J connectivity index is 2.85. The first-order valence-corrected chi connectivity index (χ1v) is 6.49. The Morgan fingerprint density at radius 3 is 2.30 bits per heavy atom. The van der Waals surface area contributed by atoms with Gasteiger partial charge in [-0.3, -0.25) is 0 Å². The molecule has 0 fully saturated rings. The average Bonchev–Trinajstić information content (AvgIpc) is 2.45. The summed E-state index contributed by atoms with van der Waals surface area (Å²) in [6, 6.07) is 1.55. The molecule has 0 radical (unpaired) electrons. The molecule has 0 saturated heterocycles. The summed E-state index contributed by atoms with van der Waals surface area (Å²) in [5.41, 5.74) is -0.812. The predicted molar refractivity (Wildman–Crippen MR) is 70.7 cm³/mol. The van der Waals surface area contributed by atoms with E-state index in [1.54, 1.807) is 0 Å². The third-order valence-electron chi connectivity index (χ3n) is 2.79. The number of urea groups is 1. The molecule has 3 N–H and O–H groups in total. The summed E-state index contributed by atoms with van der Waals surface area (Å²) in [6.07, 6.45) is -7.43. The van der Waals surface area contributed by atoms with E-state index in [0.29, 0.717) is 4.90 Å². The molecule has 1 aromatic rings. The molecule has 0 heterocycles. The number of alkyl halides is 3. The first-order valence-electron chi connectivity index (χ1n) is 6.49. The van der Waals surface area contributed by atoms with E-state index < -0.39 is 61.8 Å².